The molecular weight excluding hydrogens is 404 g/mol. The lowest BCUT2D eigenvalue weighted by atomic mass is 9.52. The number of aliphatic hydroxyl groups is 1. The monoisotopic (exact) mass is 438 g/mol. The molecule has 172 valence electrons. The molecule has 5 aliphatic carbocycles. The zero-order valence-electron chi connectivity index (χ0n) is 18.7. The molecule has 2 saturated heterocycles. The van der Waals surface area contributed by atoms with Crippen molar-refractivity contribution in [3.05, 3.63) is 17.5 Å². The third-order valence-corrected chi connectivity index (χ3v) is 9.49. The highest BCUT2D eigenvalue weighted by Gasteiger charge is 2.55. The van der Waals surface area contributed by atoms with E-state index >= 15 is 0 Å². The highest BCUT2D eigenvalue weighted by Crippen LogP contribution is 2.55. The second-order valence-corrected chi connectivity index (χ2v) is 11.6. The molecule has 2 unspecified atom stereocenters. The second-order valence-electron chi connectivity index (χ2n) is 11.6. The quantitative estimate of drug-likeness (QED) is 0.752. The Balaban J connectivity index is 1.16. The summed E-state index contributed by atoms with van der Waals surface area (Å²) in [5.74, 6) is 2.58. The molecule has 0 aromatic carbocycles. The first-order valence-electron chi connectivity index (χ1n) is 12.8. The molecule has 3 heterocycles. The van der Waals surface area contributed by atoms with Crippen LogP contribution in [0.4, 0.5) is 5.95 Å². The minimum Gasteiger partial charge on any atom is -0.390 e. The lowest BCUT2D eigenvalue weighted by Crippen LogP contribution is -2.61. The number of anilines is 1. The van der Waals surface area contributed by atoms with Gasteiger partial charge in [-0.2, -0.15) is 0 Å². The number of carbonyl (C=O) groups is 1. The van der Waals surface area contributed by atoms with Crippen LogP contribution >= 0.6 is 0 Å². The Morgan fingerprint density at radius 3 is 2.59 bits per heavy atom. The molecule has 2 aliphatic heterocycles. The van der Waals surface area contributed by atoms with Crippen LogP contribution in [-0.2, 0) is 4.74 Å². The number of amides is 1. The molecule has 7 fully saturated rings. The van der Waals surface area contributed by atoms with E-state index in [0.29, 0.717) is 41.4 Å². The highest BCUT2D eigenvalue weighted by molar-refractivity contribution is 5.95. The largest absolute Gasteiger partial charge is 0.390 e. The summed E-state index contributed by atoms with van der Waals surface area (Å²) in [6, 6.07) is 0.553. The number of hydrogen-bond donors (Lipinski definition) is 2. The summed E-state index contributed by atoms with van der Waals surface area (Å²) in [5.41, 5.74) is 1.15. The van der Waals surface area contributed by atoms with Gasteiger partial charge in [-0.15, -0.1) is 0 Å². The van der Waals surface area contributed by atoms with E-state index in [9.17, 15) is 9.90 Å². The van der Waals surface area contributed by atoms with Crippen molar-refractivity contribution < 1.29 is 14.6 Å². The van der Waals surface area contributed by atoms with Crippen LogP contribution in [0.15, 0.2) is 6.20 Å². The topological polar surface area (TPSA) is 87.6 Å². The molecule has 1 aromatic rings. The molecule has 8 rings (SSSR count). The lowest BCUT2D eigenvalue weighted by molar-refractivity contribution is -0.136. The van der Waals surface area contributed by atoms with E-state index in [1.165, 1.54) is 12.8 Å². The summed E-state index contributed by atoms with van der Waals surface area (Å²) in [4.78, 5) is 25.6. The first-order chi connectivity index (χ1) is 15.5. The van der Waals surface area contributed by atoms with Crippen LogP contribution in [0.5, 0.6) is 0 Å². The van der Waals surface area contributed by atoms with Crippen molar-refractivity contribution in [2.45, 2.75) is 93.9 Å². The number of nitrogens with zero attached hydrogens (tertiary/aromatic N) is 3. The van der Waals surface area contributed by atoms with Gasteiger partial charge in [0.1, 0.15) is 0 Å². The number of rotatable bonds is 4. The smallest absolute Gasteiger partial charge is 0.254 e. The second kappa shape index (κ2) is 7.13. The van der Waals surface area contributed by atoms with Crippen LogP contribution in [0.25, 0.3) is 0 Å². The Kier molecular flexibility index (Phi) is 4.39. The number of ether oxygens (including phenoxy) is 1. The van der Waals surface area contributed by atoms with Crippen LogP contribution < -0.4 is 10.2 Å². The molecule has 1 aromatic heterocycles. The predicted octanol–water partition coefficient (Wildman–Crippen LogP) is 2.78. The van der Waals surface area contributed by atoms with E-state index in [2.05, 4.69) is 15.2 Å². The summed E-state index contributed by atoms with van der Waals surface area (Å²) in [6.07, 6.45) is 12.7. The van der Waals surface area contributed by atoms with E-state index in [0.717, 1.165) is 76.2 Å². The molecule has 1 amide bonds. The molecule has 0 radical (unpaired) electrons. The maximum Gasteiger partial charge on any atom is 0.254 e. The first kappa shape index (κ1) is 19.7. The van der Waals surface area contributed by atoms with Gasteiger partial charge < -0.3 is 20.1 Å². The molecule has 0 spiro atoms. The van der Waals surface area contributed by atoms with Gasteiger partial charge in [-0.25, -0.2) is 9.97 Å². The maximum atomic E-state index is 13.6. The average molecular weight is 439 g/mol. The van der Waals surface area contributed by atoms with Crippen molar-refractivity contribution in [3.63, 3.8) is 0 Å². The van der Waals surface area contributed by atoms with E-state index in [4.69, 9.17) is 9.72 Å². The Morgan fingerprint density at radius 2 is 1.94 bits per heavy atom. The molecule has 7 nitrogen and oxygen atoms in total. The number of aromatic nitrogens is 2. The van der Waals surface area contributed by atoms with Crippen molar-refractivity contribution in [2.75, 3.05) is 18.1 Å². The highest BCUT2D eigenvalue weighted by atomic mass is 16.5. The minimum absolute atomic E-state index is 0.00538. The standard InChI is InChI=1S/C25H34N4O3/c30-23(27-21-16-5-14-6-17(21)10-25(31,8-14)9-16)20-11-26-24(28-22(20)15-3-1-2-4-15)29-12-19-7-18(29)13-32-19/h11,14-19,21,31H,1-10,12-13H2,(H,27,30)/t14?,16?,17?,18-,19-,21?,25?/m0/s1. The molecule has 2 N–H and O–H groups in total. The summed E-state index contributed by atoms with van der Waals surface area (Å²) >= 11 is 0. The van der Waals surface area contributed by atoms with Gasteiger partial charge in [0.15, 0.2) is 0 Å². The van der Waals surface area contributed by atoms with Crippen LogP contribution in [0, 0.1) is 17.8 Å². The van der Waals surface area contributed by atoms with Crippen LogP contribution in [0.1, 0.15) is 86.2 Å². The van der Waals surface area contributed by atoms with E-state index in [1.54, 1.807) is 6.20 Å². The van der Waals surface area contributed by atoms with Crippen molar-refractivity contribution in [1.29, 1.82) is 0 Å². The summed E-state index contributed by atoms with van der Waals surface area (Å²) in [7, 11) is 0. The summed E-state index contributed by atoms with van der Waals surface area (Å²) in [6.45, 7) is 1.61. The van der Waals surface area contributed by atoms with E-state index < -0.39 is 5.60 Å². The third kappa shape index (κ3) is 3.11. The summed E-state index contributed by atoms with van der Waals surface area (Å²) in [5, 5.41) is 14.3. The third-order valence-electron chi connectivity index (χ3n) is 9.49. The molecular formula is C25H34N4O3. The number of hydrogen-bond acceptors (Lipinski definition) is 6. The van der Waals surface area contributed by atoms with Crippen LogP contribution in [-0.4, -0.2) is 57.9 Å². The number of morpholine rings is 1. The zero-order chi connectivity index (χ0) is 21.4. The number of fused-ring (bicyclic) bond motifs is 2. The molecule has 7 heteroatoms. The van der Waals surface area contributed by atoms with Crippen LogP contribution in [0.3, 0.4) is 0 Å². The predicted molar refractivity (Wildman–Crippen MR) is 118 cm³/mol. The molecule has 6 bridgehead atoms. The average Bonchev–Trinajstić information content (AvgIpc) is 3.53. The van der Waals surface area contributed by atoms with Gasteiger partial charge >= 0.3 is 0 Å². The van der Waals surface area contributed by atoms with Gasteiger partial charge in [-0.1, -0.05) is 12.8 Å². The van der Waals surface area contributed by atoms with Crippen molar-refractivity contribution >= 4 is 11.9 Å². The lowest BCUT2D eigenvalue weighted by Gasteiger charge is -2.58. The fourth-order valence-electron chi connectivity index (χ4n) is 8.30. The SMILES string of the molecule is O=C(NC1C2CC3CC1CC(O)(C3)C2)c1cnc(N2C[C@@H]3C[C@H]2CO3)nc1C1CCCC1. The van der Waals surface area contributed by atoms with Gasteiger partial charge in [0.2, 0.25) is 5.95 Å². The molecule has 4 atom stereocenters. The van der Waals surface area contributed by atoms with Crippen molar-refractivity contribution in [1.82, 2.24) is 15.3 Å². The van der Waals surface area contributed by atoms with Crippen molar-refractivity contribution in [3.8, 4) is 0 Å². The Hall–Kier alpha value is -1.73. The Bertz CT molecular complexity index is 916. The normalized spacial score (nSPS) is 42.2. The van der Waals surface area contributed by atoms with E-state index in [-0.39, 0.29) is 11.9 Å². The van der Waals surface area contributed by atoms with Gasteiger partial charge in [0.25, 0.3) is 5.91 Å². The Labute approximate surface area is 189 Å². The molecule has 5 saturated carbocycles. The molecule has 7 aliphatic rings. The first-order valence-corrected chi connectivity index (χ1v) is 12.8. The maximum absolute atomic E-state index is 13.6. The van der Waals surface area contributed by atoms with Crippen molar-refractivity contribution in [2.24, 2.45) is 17.8 Å². The molecule has 32 heavy (non-hydrogen) atoms. The van der Waals surface area contributed by atoms with Gasteiger partial charge in [0.05, 0.1) is 35.6 Å². The zero-order valence-corrected chi connectivity index (χ0v) is 18.7. The fraction of sp³-hybridized carbons (Fsp3) is 0.800. The Morgan fingerprint density at radius 1 is 1.16 bits per heavy atom. The van der Waals surface area contributed by atoms with Gasteiger partial charge in [-0.3, -0.25) is 4.79 Å². The van der Waals surface area contributed by atoms with Crippen LogP contribution in [0.2, 0.25) is 0 Å². The van der Waals surface area contributed by atoms with E-state index in [1.807, 2.05) is 0 Å². The number of nitrogens with one attached hydrogen (secondary N) is 1. The number of carbonyl (C=O) groups excluding carboxylic acids is 1. The van der Waals surface area contributed by atoms with Gasteiger partial charge in [0, 0.05) is 24.7 Å². The summed E-state index contributed by atoms with van der Waals surface area (Å²) < 4.78 is 5.75. The van der Waals surface area contributed by atoms with Gasteiger partial charge in [-0.05, 0) is 69.1 Å². The fourth-order valence-corrected chi connectivity index (χ4v) is 8.30. The minimum atomic E-state index is -0.476.